The zero-order valence-corrected chi connectivity index (χ0v) is 43.3. The van der Waals surface area contributed by atoms with Crippen molar-refractivity contribution in [2.75, 3.05) is 13.2 Å². The van der Waals surface area contributed by atoms with Crippen molar-refractivity contribution in [3.8, 4) is 0 Å². The zero-order valence-electron chi connectivity index (χ0n) is 43.3. The molecule has 0 N–H and O–H groups in total. The lowest BCUT2D eigenvalue weighted by Gasteiger charge is -2.18. The molecule has 0 amide bonds. The van der Waals surface area contributed by atoms with E-state index >= 15 is 0 Å². The molecule has 0 fully saturated rings. The van der Waals surface area contributed by atoms with E-state index in [1.807, 2.05) is 12.2 Å². The molecule has 0 aliphatic heterocycles. The maximum absolute atomic E-state index is 12.8. The van der Waals surface area contributed by atoms with Gasteiger partial charge in [-0.15, -0.1) is 0 Å². The maximum atomic E-state index is 12.8. The lowest BCUT2D eigenvalue weighted by Crippen LogP contribution is -2.30. The van der Waals surface area contributed by atoms with Gasteiger partial charge in [0.2, 0.25) is 0 Å². The van der Waals surface area contributed by atoms with E-state index in [1.54, 1.807) is 0 Å². The number of esters is 3. The normalized spacial score (nSPS) is 13.3. The molecule has 0 aliphatic rings. The second-order valence-electron chi connectivity index (χ2n) is 17.0. The van der Waals surface area contributed by atoms with Gasteiger partial charge in [0.1, 0.15) is 13.2 Å². The average Bonchev–Trinajstić information content (AvgIpc) is 3.34. The summed E-state index contributed by atoms with van der Waals surface area (Å²) >= 11 is 0. The number of allylic oxidation sites excluding steroid dienone is 24. The Kier molecular flexibility index (Phi) is 51.1. The molecule has 380 valence electrons. The van der Waals surface area contributed by atoms with Crippen LogP contribution in [0.1, 0.15) is 207 Å². The molecule has 0 saturated heterocycles. The molecule has 6 nitrogen and oxygen atoms in total. The lowest BCUT2D eigenvalue weighted by molar-refractivity contribution is -0.166. The van der Waals surface area contributed by atoms with E-state index < -0.39 is 6.10 Å². The van der Waals surface area contributed by atoms with Crippen molar-refractivity contribution in [1.82, 2.24) is 0 Å². The smallest absolute Gasteiger partial charge is 0.306 e. The third kappa shape index (κ3) is 52.3. The predicted molar refractivity (Wildman–Crippen MR) is 292 cm³/mol. The van der Waals surface area contributed by atoms with E-state index in [-0.39, 0.29) is 50.4 Å². The van der Waals surface area contributed by atoms with Crippen LogP contribution in [-0.4, -0.2) is 37.2 Å². The third-order valence-electron chi connectivity index (χ3n) is 10.6. The monoisotopic (exact) mass is 937 g/mol. The highest BCUT2D eigenvalue weighted by Gasteiger charge is 2.19. The molecular weight excluding hydrogens is 841 g/mol. The lowest BCUT2D eigenvalue weighted by atomic mass is 10.1. The molecular formula is C62H96O6. The SMILES string of the molecule is CC/C=C\C/C=C\C/C=C\C/C=C\C/C=C\C/C=C\CCCCC(=O)OCC(COC(=O)CC/C=C\C/C=C\C/C=C\C/C=C\CC)OC(=O)CCCCCCC/C=C\C/C=C\CCCCCC. The Hall–Kier alpha value is -4.71. The van der Waals surface area contributed by atoms with Crippen LogP contribution in [0.3, 0.4) is 0 Å². The standard InChI is InChI=1S/C62H96O6/c1-4-7-10-13-16-19-22-25-27-29-30-31-32-33-35-37-40-43-46-49-52-55-61(64)67-58-59(57-66-60(63)54-51-48-45-42-39-36-24-21-18-15-12-9-6-3)68-62(65)56-53-50-47-44-41-38-34-28-26-23-20-17-14-11-8-5-2/h7,9-10,12,16,18-21,23,25,27-28,30-31,33-36,39-40,43,45,48,59H,4-6,8,11,13-15,17,22,24,26,29,32,37-38,41-42,44,46-47,49-58H2,1-3H3/b10-7-,12-9-,19-16-,21-18-,23-20-,27-25-,31-30-,34-28-,35-33-,39-36-,43-40-,48-45-. The van der Waals surface area contributed by atoms with Crippen molar-refractivity contribution < 1.29 is 28.6 Å². The van der Waals surface area contributed by atoms with Gasteiger partial charge in [-0.05, 0) is 128 Å². The fourth-order valence-electron chi connectivity index (χ4n) is 6.60. The van der Waals surface area contributed by atoms with Crippen LogP contribution in [0.25, 0.3) is 0 Å². The molecule has 0 rings (SSSR count). The van der Waals surface area contributed by atoms with Crippen molar-refractivity contribution in [1.29, 1.82) is 0 Å². The van der Waals surface area contributed by atoms with E-state index in [1.165, 1.54) is 32.1 Å². The Labute approximate surface area is 417 Å². The number of hydrogen-bond donors (Lipinski definition) is 0. The summed E-state index contributed by atoms with van der Waals surface area (Å²) in [7, 11) is 0. The number of unbranched alkanes of at least 4 members (excludes halogenated alkanes) is 11. The Bertz CT molecular complexity index is 1540. The molecule has 0 bridgehead atoms. The first-order valence-electron chi connectivity index (χ1n) is 26.8. The summed E-state index contributed by atoms with van der Waals surface area (Å²) in [5, 5.41) is 0. The highest BCUT2D eigenvalue weighted by atomic mass is 16.6. The summed E-state index contributed by atoms with van der Waals surface area (Å²) < 4.78 is 16.7. The van der Waals surface area contributed by atoms with Crippen molar-refractivity contribution in [3.05, 3.63) is 146 Å². The van der Waals surface area contributed by atoms with Crippen LogP contribution >= 0.6 is 0 Å². The first-order chi connectivity index (χ1) is 33.5. The zero-order chi connectivity index (χ0) is 49.3. The summed E-state index contributed by atoms with van der Waals surface area (Å²) in [5.74, 6) is -1.08. The molecule has 0 aliphatic carbocycles. The first kappa shape index (κ1) is 63.3. The van der Waals surface area contributed by atoms with Gasteiger partial charge in [-0.1, -0.05) is 205 Å². The third-order valence-corrected chi connectivity index (χ3v) is 10.6. The van der Waals surface area contributed by atoms with Crippen LogP contribution in [-0.2, 0) is 28.6 Å². The highest BCUT2D eigenvalue weighted by Crippen LogP contribution is 2.11. The molecule has 0 aromatic rings. The highest BCUT2D eigenvalue weighted by molar-refractivity contribution is 5.71. The molecule has 6 heteroatoms. The van der Waals surface area contributed by atoms with Crippen LogP contribution in [0.4, 0.5) is 0 Å². The molecule has 1 unspecified atom stereocenters. The van der Waals surface area contributed by atoms with Gasteiger partial charge >= 0.3 is 17.9 Å². The van der Waals surface area contributed by atoms with Gasteiger partial charge < -0.3 is 14.2 Å². The van der Waals surface area contributed by atoms with E-state index in [2.05, 4.69) is 154 Å². The minimum atomic E-state index is -0.839. The molecule has 0 aromatic heterocycles. The van der Waals surface area contributed by atoms with E-state index in [4.69, 9.17) is 14.2 Å². The summed E-state index contributed by atoms with van der Waals surface area (Å²) in [6.07, 6.45) is 78.5. The van der Waals surface area contributed by atoms with Gasteiger partial charge in [-0.25, -0.2) is 0 Å². The van der Waals surface area contributed by atoms with Crippen molar-refractivity contribution in [2.45, 2.75) is 213 Å². The number of ether oxygens (including phenoxy) is 3. The van der Waals surface area contributed by atoms with Crippen LogP contribution in [0.15, 0.2) is 146 Å². The number of carbonyl (C=O) groups is 3. The van der Waals surface area contributed by atoms with Crippen LogP contribution in [0, 0.1) is 0 Å². The topological polar surface area (TPSA) is 78.9 Å². The largest absolute Gasteiger partial charge is 0.462 e. The van der Waals surface area contributed by atoms with Gasteiger partial charge in [0.05, 0.1) is 0 Å². The minimum Gasteiger partial charge on any atom is -0.462 e. The molecule has 0 heterocycles. The summed E-state index contributed by atoms with van der Waals surface area (Å²) in [4.78, 5) is 38.0. The van der Waals surface area contributed by atoms with Gasteiger partial charge in [0, 0.05) is 19.3 Å². The number of rotatable bonds is 46. The Balaban J connectivity index is 4.58. The maximum Gasteiger partial charge on any atom is 0.306 e. The fraction of sp³-hybridized carbons (Fsp3) is 0.565. The molecule has 0 spiro atoms. The molecule has 68 heavy (non-hydrogen) atoms. The van der Waals surface area contributed by atoms with Crippen LogP contribution in [0.2, 0.25) is 0 Å². The molecule has 1 atom stereocenters. The van der Waals surface area contributed by atoms with Gasteiger partial charge in [-0.3, -0.25) is 14.4 Å². The van der Waals surface area contributed by atoms with Crippen LogP contribution in [0.5, 0.6) is 0 Å². The average molecular weight is 937 g/mol. The molecule has 0 radical (unpaired) electrons. The van der Waals surface area contributed by atoms with Crippen molar-refractivity contribution in [2.24, 2.45) is 0 Å². The predicted octanol–water partition coefficient (Wildman–Crippen LogP) is 18.0. The fourth-order valence-corrected chi connectivity index (χ4v) is 6.60. The van der Waals surface area contributed by atoms with E-state index in [0.29, 0.717) is 12.8 Å². The first-order valence-corrected chi connectivity index (χ1v) is 26.8. The van der Waals surface area contributed by atoms with Crippen molar-refractivity contribution >= 4 is 17.9 Å². The van der Waals surface area contributed by atoms with Gasteiger partial charge in [-0.2, -0.15) is 0 Å². The van der Waals surface area contributed by atoms with Gasteiger partial charge in [0.25, 0.3) is 0 Å². The summed E-state index contributed by atoms with van der Waals surface area (Å²) in [5.41, 5.74) is 0. The number of carbonyl (C=O) groups excluding carboxylic acids is 3. The quantitative estimate of drug-likeness (QED) is 0.0262. The Morgan fingerprint density at radius 1 is 0.309 bits per heavy atom. The summed E-state index contributed by atoms with van der Waals surface area (Å²) in [6, 6.07) is 0. The number of hydrogen-bond acceptors (Lipinski definition) is 6. The summed E-state index contributed by atoms with van der Waals surface area (Å²) in [6.45, 7) is 6.25. The Morgan fingerprint density at radius 3 is 1.01 bits per heavy atom. The van der Waals surface area contributed by atoms with Crippen LogP contribution < -0.4 is 0 Å². The van der Waals surface area contributed by atoms with E-state index in [0.717, 1.165) is 122 Å². The molecule has 0 aromatic carbocycles. The van der Waals surface area contributed by atoms with Gasteiger partial charge in [0.15, 0.2) is 6.10 Å². The Morgan fingerprint density at radius 2 is 0.603 bits per heavy atom. The van der Waals surface area contributed by atoms with E-state index in [9.17, 15) is 14.4 Å². The minimum absolute atomic E-state index is 0.135. The van der Waals surface area contributed by atoms with Crippen molar-refractivity contribution in [3.63, 3.8) is 0 Å². The second kappa shape index (κ2) is 54.9. The molecule has 0 saturated carbocycles. The second-order valence-corrected chi connectivity index (χ2v) is 17.0.